The highest BCUT2D eigenvalue weighted by atomic mass is 32.2. The molecular weight excluding hydrogens is 254 g/mol. The first-order valence-electron chi connectivity index (χ1n) is 6.00. The fraction of sp³-hybridized carbons (Fsp3) is 0.700. The van der Waals surface area contributed by atoms with Gasteiger partial charge < -0.3 is 9.88 Å². The highest BCUT2D eigenvalue weighted by Gasteiger charge is 2.34. The molecule has 2 heterocycles. The van der Waals surface area contributed by atoms with E-state index in [0.717, 1.165) is 5.82 Å². The normalized spacial score (nSPS) is 22.2. The molecule has 0 aliphatic carbocycles. The summed E-state index contributed by atoms with van der Waals surface area (Å²) in [6, 6.07) is -0.261. The van der Waals surface area contributed by atoms with Crippen molar-refractivity contribution in [1.82, 2.24) is 23.9 Å². The van der Waals surface area contributed by atoms with Gasteiger partial charge in [-0.15, -0.1) is 0 Å². The summed E-state index contributed by atoms with van der Waals surface area (Å²) in [6.45, 7) is 3.85. The molecule has 8 heteroatoms. The maximum absolute atomic E-state index is 12.2. The third-order valence-electron chi connectivity index (χ3n) is 2.99. The van der Waals surface area contributed by atoms with Gasteiger partial charge in [-0.2, -0.15) is 12.7 Å². The third-order valence-corrected chi connectivity index (χ3v) is 4.69. The van der Waals surface area contributed by atoms with E-state index in [-0.39, 0.29) is 6.04 Å². The lowest BCUT2D eigenvalue weighted by atomic mass is 10.2. The van der Waals surface area contributed by atoms with Crippen LogP contribution in [-0.2, 0) is 17.3 Å². The van der Waals surface area contributed by atoms with Crippen LogP contribution in [0.15, 0.2) is 12.4 Å². The number of imidazole rings is 1. The zero-order chi connectivity index (χ0) is 13.2. The number of hydrogen-bond acceptors (Lipinski definition) is 4. The average molecular weight is 273 g/mol. The highest BCUT2D eigenvalue weighted by molar-refractivity contribution is 7.87. The van der Waals surface area contributed by atoms with Crippen molar-refractivity contribution in [3.63, 3.8) is 0 Å². The second-order valence-electron chi connectivity index (χ2n) is 4.23. The molecular formula is C10H19N5O2S. The number of rotatable bonds is 4. The molecule has 1 aromatic heterocycles. The van der Waals surface area contributed by atoms with E-state index in [0.29, 0.717) is 26.2 Å². The van der Waals surface area contributed by atoms with Crippen LogP contribution in [0.4, 0.5) is 0 Å². The van der Waals surface area contributed by atoms with Gasteiger partial charge in [0.25, 0.3) is 10.2 Å². The summed E-state index contributed by atoms with van der Waals surface area (Å²) in [5, 5.41) is 3.21. The summed E-state index contributed by atoms with van der Waals surface area (Å²) in [7, 11) is -1.57. The van der Waals surface area contributed by atoms with E-state index in [1.807, 2.05) is 17.8 Å². The third kappa shape index (κ3) is 2.56. The Balaban J connectivity index is 2.30. The molecule has 1 aromatic rings. The van der Waals surface area contributed by atoms with Crippen LogP contribution in [0, 0.1) is 0 Å². The summed E-state index contributed by atoms with van der Waals surface area (Å²) in [5.41, 5.74) is 0. The molecule has 0 spiro atoms. The van der Waals surface area contributed by atoms with Crippen molar-refractivity contribution < 1.29 is 8.42 Å². The predicted molar refractivity (Wildman–Crippen MR) is 68.1 cm³/mol. The standard InChI is InChI=1S/C10H19N5O2S/c1-3-13-18(16,17)15-7-4-11-8-9(15)10-12-5-6-14(10)2/h5-6,9,11,13H,3-4,7-8H2,1-2H3. The predicted octanol–water partition coefficient (Wildman–Crippen LogP) is -0.779. The van der Waals surface area contributed by atoms with E-state index < -0.39 is 10.2 Å². The lowest BCUT2D eigenvalue weighted by molar-refractivity contribution is 0.255. The van der Waals surface area contributed by atoms with Crippen molar-refractivity contribution in [3.05, 3.63) is 18.2 Å². The van der Waals surface area contributed by atoms with Crippen LogP contribution < -0.4 is 10.0 Å². The van der Waals surface area contributed by atoms with Gasteiger partial charge in [0, 0.05) is 45.6 Å². The molecule has 2 rings (SSSR count). The fourth-order valence-electron chi connectivity index (χ4n) is 2.16. The molecule has 0 amide bonds. The Morgan fingerprint density at radius 3 is 3.00 bits per heavy atom. The molecule has 18 heavy (non-hydrogen) atoms. The number of piperazine rings is 1. The molecule has 0 bridgehead atoms. The number of nitrogens with zero attached hydrogens (tertiary/aromatic N) is 3. The highest BCUT2D eigenvalue weighted by Crippen LogP contribution is 2.22. The van der Waals surface area contributed by atoms with Gasteiger partial charge in [0.05, 0.1) is 6.04 Å². The van der Waals surface area contributed by atoms with Crippen LogP contribution in [0.1, 0.15) is 18.8 Å². The van der Waals surface area contributed by atoms with Gasteiger partial charge in [-0.05, 0) is 0 Å². The van der Waals surface area contributed by atoms with E-state index in [1.165, 1.54) is 4.31 Å². The van der Waals surface area contributed by atoms with E-state index in [9.17, 15) is 8.42 Å². The number of hydrogen-bond donors (Lipinski definition) is 2. The first-order valence-corrected chi connectivity index (χ1v) is 7.44. The van der Waals surface area contributed by atoms with Crippen LogP contribution in [0.5, 0.6) is 0 Å². The van der Waals surface area contributed by atoms with Crippen LogP contribution in [0.2, 0.25) is 0 Å². The molecule has 0 aromatic carbocycles. The summed E-state index contributed by atoms with van der Waals surface area (Å²) >= 11 is 0. The minimum absolute atomic E-state index is 0.261. The van der Waals surface area contributed by atoms with Crippen molar-refractivity contribution in [2.45, 2.75) is 13.0 Å². The summed E-state index contributed by atoms with van der Waals surface area (Å²) in [5.74, 6) is 0.753. The lowest BCUT2D eigenvalue weighted by Gasteiger charge is -2.34. The molecule has 102 valence electrons. The molecule has 2 N–H and O–H groups in total. The van der Waals surface area contributed by atoms with Crippen molar-refractivity contribution in [2.24, 2.45) is 7.05 Å². The maximum Gasteiger partial charge on any atom is 0.280 e. The molecule has 1 atom stereocenters. The number of aromatic nitrogens is 2. The van der Waals surface area contributed by atoms with E-state index in [1.54, 1.807) is 13.1 Å². The SMILES string of the molecule is CCNS(=O)(=O)N1CCNCC1c1nccn1C. The summed E-state index contributed by atoms with van der Waals surface area (Å²) in [6.07, 6.45) is 3.50. The van der Waals surface area contributed by atoms with Gasteiger partial charge in [-0.25, -0.2) is 9.71 Å². The lowest BCUT2D eigenvalue weighted by Crippen LogP contribution is -2.52. The van der Waals surface area contributed by atoms with Crippen molar-refractivity contribution >= 4 is 10.2 Å². The molecule has 0 radical (unpaired) electrons. The van der Waals surface area contributed by atoms with Crippen molar-refractivity contribution in [3.8, 4) is 0 Å². The Morgan fingerprint density at radius 1 is 1.61 bits per heavy atom. The maximum atomic E-state index is 12.2. The zero-order valence-corrected chi connectivity index (χ0v) is 11.4. The van der Waals surface area contributed by atoms with Gasteiger partial charge in [-0.3, -0.25) is 0 Å². The van der Waals surface area contributed by atoms with E-state index in [2.05, 4.69) is 15.0 Å². The Bertz CT molecular complexity index is 498. The molecule has 7 nitrogen and oxygen atoms in total. The quantitative estimate of drug-likeness (QED) is 0.754. The monoisotopic (exact) mass is 273 g/mol. The molecule has 1 unspecified atom stereocenters. The Morgan fingerprint density at radius 2 is 2.39 bits per heavy atom. The molecule has 0 saturated carbocycles. The minimum Gasteiger partial charge on any atom is -0.337 e. The second kappa shape index (κ2) is 5.35. The Kier molecular flexibility index (Phi) is 4.00. The summed E-state index contributed by atoms with van der Waals surface area (Å²) < 4.78 is 30.2. The topological polar surface area (TPSA) is 79.3 Å². The van der Waals surface area contributed by atoms with Gasteiger partial charge in [-0.1, -0.05) is 6.92 Å². The van der Waals surface area contributed by atoms with Crippen molar-refractivity contribution in [1.29, 1.82) is 0 Å². The van der Waals surface area contributed by atoms with Gasteiger partial charge in [0.1, 0.15) is 5.82 Å². The smallest absolute Gasteiger partial charge is 0.280 e. The summed E-state index contributed by atoms with van der Waals surface area (Å²) in [4.78, 5) is 4.25. The van der Waals surface area contributed by atoms with Gasteiger partial charge in [0.2, 0.25) is 0 Å². The van der Waals surface area contributed by atoms with Crippen LogP contribution in [-0.4, -0.2) is 48.5 Å². The average Bonchev–Trinajstić information content (AvgIpc) is 2.75. The van der Waals surface area contributed by atoms with Crippen LogP contribution in [0.3, 0.4) is 0 Å². The van der Waals surface area contributed by atoms with Crippen LogP contribution in [0.25, 0.3) is 0 Å². The Hall–Kier alpha value is -0.960. The van der Waals surface area contributed by atoms with E-state index in [4.69, 9.17) is 0 Å². The minimum atomic E-state index is -3.44. The van der Waals surface area contributed by atoms with Gasteiger partial charge >= 0.3 is 0 Å². The fourth-order valence-corrected chi connectivity index (χ4v) is 3.52. The number of aryl methyl sites for hydroxylation is 1. The first-order chi connectivity index (χ1) is 8.56. The molecule has 1 saturated heterocycles. The Labute approximate surface area is 107 Å². The van der Waals surface area contributed by atoms with Crippen molar-refractivity contribution in [2.75, 3.05) is 26.2 Å². The largest absolute Gasteiger partial charge is 0.337 e. The zero-order valence-electron chi connectivity index (χ0n) is 10.6. The molecule has 1 aliphatic heterocycles. The second-order valence-corrected chi connectivity index (χ2v) is 5.94. The van der Waals surface area contributed by atoms with Crippen LogP contribution >= 0.6 is 0 Å². The molecule has 1 fully saturated rings. The van der Waals surface area contributed by atoms with Gasteiger partial charge in [0.15, 0.2) is 0 Å². The molecule has 1 aliphatic rings. The number of nitrogens with one attached hydrogen (secondary N) is 2. The first kappa shape index (κ1) is 13.5. The van der Waals surface area contributed by atoms with E-state index >= 15 is 0 Å².